The maximum Gasteiger partial charge on any atom is 0.272 e. The zero-order chi connectivity index (χ0) is 16.4. The normalized spacial score (nSPS) is 12.1. The summed E-state index contributed by atoms with van der Waals surface area (Å²) >= 11 is 0. The molecule has 5 nitrogen and oxygen atoms in total. The number of nitro groups is 1. The molecular weight excluding hydrogens is 268 g/mol. The lowest BCUT2D eigenvalue weighted by atomic mass is 9.81. The van der Waals surface area contributed by atoms with E-state index in [-0.39, 0.29) is 22.5 Å². The third-order valence-electron chi connectivity index (χ3n) is 3.08. The molecule has 0 saturated carbocycles. The smallest absolute Gasteiger partial charge is 0.272 e. The van der Waals surface area contributed by atoms with Crippen LogP contribution in [0, 0.1) is 22.5 Å². The number of nitro benzene ring substituents is 1. The van der Waals surface area contributed by atoms with Crippen molar-refractivity contribution in [2.24, 2.45) is 5.41 Å². The molecule has 0 spiro atoms. The fraction of sp³-hybridized carbons (Fsp3) is 0.562. The average Bonchev–Trinajstić information content (AvgIpc) is 2.23. The van der Waals surface area contributed by atoms with E-state index in [1.165, 1.54) is 12.1 Å². The van der Waals surface area contributed by atoms with Crippen molar-refractivity contribution < 1.29 is 9.72 Å². The van der Waals surface area contributed by atoms with E-state index in [2.05, 4.69) is 26.1 Å². The predicted molar refractivity (Wildman–Crippen MR) is 83.5 cm³/mol. The van der Waals surface area contributed by atoms with Gasteiger partial charge in [-0.25, -0.2) is 0 Å². The summed E-state index contributed by atoms with van der Waals surface area (Å²) in [6, 6.07) is 4.43. The van der Waals surface area contributed by atoms with E-state index in [0.29, 0.717) is 11.1 Å². The summed E-state index contributed by atoms with van der Waals surface area (Å²) in [5.41, 5.74) is 0.717. The number of benzene rings is 1. The van der Waals surface area contributed by atoms with Crippen LogP contribution in [0.25, 0.3) is 0 Å². The average molecular weight is 292 g/mol. The van der Waals surface area contributed by atoms with Gasteiger partial charge in [0.15, 0.2) is 0 Å². The molecule has 0 aliphatic carbocycles. The van der Waals surface area contributed by atoms with Crippen molar-refractivity contribution in [1.82, 2.24) is 5.32 Å². The first-order valence-corrected chi connectivity index (χ1v) is 6.99. The highest BCUT2D eigenvalue weighted by atomic mass is 16.6. The summed E-state index contributed by atoms with van der Waals surface area (Å²) in [4.78, 5) is 22.6. The highest BCUT2D eigenvalue weighted by Crippen LogP contribution is 2.27. The van der Waals surface area contributed by atoms with Crippen molar-refractivity contribution in [3.8, 4) is 0 Å². The van der Waals surface area contributed by atoms with E-state index in [1.54, 1.807) is 13.0 Å². The molecule has 0 aliphatic rings. The van der Waals surface area contributed by atoms with E-state index in [9.17, 15) is 14.9 Å². The van der Waals surface area contributed by atoms with E-state index in [1.807, 2.05) is 13.8 Å². The summed E-state index contributed by atoms with van der Waals surface area (Å²) in [5.74, 6) is -0.206. The highest BCUT2D eigenvalue weighted by Gasteiger charge is 2.27. The molecule has 0 heterocycles. The van der Waals surface area contributed by atoms with Gasteiger partial charge in [0, 0.05) is 22.7 Å². The Hall–Kier alpha value is -1.91. The number of nitrogens with zero attached hydrogens (tertiary/aromatic N) is 1. The van der Waals surface area contributed by atoms with Gasteiger partial charge in [0.05, 0.1) is 4.92 Å². The largest absolute Gasteiger partial charge is 0.347 e. The van der Waals surface area contributed by atoms with E-state index < -0.39 is 4.92 Å². The molecule has 21 heavy (non-hydrogen) atoms. The topological polar surface area (TPSA) is 72.2 Å². The first-order valence-electron chi connectivity index (χ1n) is 6.99. The Labute approximate surface area is 125 Å². The van der Waals surface area contributed by atoms with Gasteiger partial charge >= 0.3 is 0 Å². The molecule has 116 valence electrons. The van der Waals surface area contributed by atoms with Gasteiger partial charge < -0.3 is 5.32 Å². The van der Waals surface area contributed by atoms with Gasteiger partial charge in [-0.15, -0.1) is 0 Å². The SMILES string of the molecule is Cc1cc(C(=O)NC(C)(C)CC(C)(C)C)ccc1[N+](=O)[O-]. The van der Waals surface area contributed by atoms with Gasteiger partial charge in [-0.3, -0.25) is 14.9 Å². The summed E-state index contributed by atoms with van der Waals surface area (Å²) in [6.45, 7) is 12.0. The monoisotopic (exact) mass is 292 g/mol. The van der Waals surface area contributed by atoms with Crippen molar-refractivity contribution in [3.05, 3.63) is 39.4 Å². The Morgan fingerprint density at radius 1 is 1.24 bits per heavy atom. The second kappa shape index (κ2) is 5.84. The molecule has 0 saturated heterocycles. The Kier molecular flexibility index (Phi) is 4.76. The van der Waals surface area contributed by atoms with Gasteiger partial charge in [0.1, 0.15) is 0 Å². The van der Waals surface area contributed by atoms with Crippen LogP contribution >= 0.6 is 0 Å². The van der Waals surface area contributed by atoms with Crippen LogP contribution in [0.2, 0.25) is 0 Å². The van der Waals surface area contributed by atoms with Crippen LogP contribution < -0.4 is 5.32 Å². The standard InChI is InChI=1S/C16H24N2O3/c1-11-9-12(7-8-13(11)18(20)21)14(19)17-16(5,6)10-15(2,3)4/h7-9H,10H2,1-6H3,(H,17,19). The van der Waals surface area contributed by atoms with Gasteiger partial charge in [0.2, 0.25) is 0 Å². The molecule has 0 radical (unpaired) electrons. The van der Waals surface area contributed by atoms with Crippen molar-refractivity contribution >= 4 is 11.6 Å². The third kappa shape index (κ3) is 5.17. The molecule has 1 amide bonds. The fourth-order valence-electron chi connectivity index (χ4n) is 2.75. The molecule has 1 aromatic carbocycles. The molecule has 1 N–H and O–H groups in total. The molecule has 5 heteroatoms. The zero-order valence-electron chi connectivity index (χ0n) is 13.6. The number of hydrogen-bond donors (Lipinski definition) is 1. The van der Waals surface area contributed by atoms with Crippen LogP contribution in [0.5, 0.6) is 0 Å². The minimum atomic E-state index is -0.444. The van der Waals surface area contributed by atoms with Crippen LogP contribution in [0.15, 0.2) is 18.2 Å². The van der Waals surface area contributed by atoms with E-state index >= 15 is 0 Å². The van der Waals surface area contributed by atoms with E-state index in [0.717, 1.165) is 6.42 Å². The summed E-state index contributed by atoms with van der Waals surface area (Å²) < 4.78 is 0. The Morgan fingerprint density at radius 2 is 1.81 bits per heavy atom. The Morgan fingerprint density at radius 3 is 2.24 bits per heavy atom. The quantitative estimate of drug-likeness (QED) is 0.676. The first-order chi connectivity index (χ1) is 9.41. The molecule has 1 aromatic rings. The van der Waals surface area contributed by atoms with Crippen LogP contribution in [-0.2, 0) is 0 Å². The third-order valence-corrected chi connectivity index (χ3v) is 3.08. The van der Waals surface area contributed by atoms with Crippen LogP contribution in [0.1, 0.15) is 57.0 Å². The van der Waals surface area contributed by atoms with Crippen LogP contribution in [0.4, 0.5) is 5.69 Å². The Balaban J connectivity index is 2.90. The van der Waals surface area contributed by atoms with Crippen molar-refractivity contribution in [1.29, 1.82) is 0 Å². The van der Waals surface area contributed by atoms with Gasteiger partial charge in [-0.05, 0) is 44.7 Å². The Bertz CT molecular complexity index is 557. The number of hydrogen-bond acceptors (Lipinski definition) is 3. The van der Waals surface area contributed by atoms with Gasteiger partial charge in [0.25, 0.3) is 11.6 Å². The van der Waals surface area contributed by atoms with Crippen LogP contribution in [0.3, 0.4) is 0 Å². The fourth-order valence-corrected chi connectivity index (χ4v) is 2.75. The number of carbonyl (C=O) groups is 1. The lowest BCUT2D eigenvalue weighted by Crippen LogP contribution is -2.45. The zero-order valence-corrected chi connectivity index (χ0v) is 13.6. The van der Waals surface area contributed by atoms with Crippen molar-refractivity contribution in [2.45, 2.75) is 53.5 Å². The lowest BCUT2D eigenvalue weighted by molar-refractivity contribution is -0.385. The summed E-state index contributed by atoms with van der Waals surface area (Å²) in [5, 5.41) is 13.8. The number of amides is 1. The molecule has 0 unspecified atom stereocenters. The number of nitrogens with one attached hydrogen (secondary N) is 1. The highest BCUT2D eigenvalue weighted by molar-refractivity contribution is 5.95. The minimum absolute atomic E-state index is 0.0282. The molecule has 0 aliphatic heterocycles. The number of carbonyl (C=O) groups excluding carboxylic acids is 1. The summed E-state index contributed by atoms with van der Waals surface area (Å²) in [7, 11) is 0. The molecule has 0 fully saturated rings. The van der Waals surface area contributed by atoms with Crippen LogP contribution in [-0.4, -0.2) is 16.4 Å². The molecule has 0 atom stereocenters. The minimum Gasteiger partial charge on any atom is -0.347 e. The molecular formula is C16H24N2O3. The second-order valence-electron chi connectivity index (χ2n) is 7.33. The molecule has 0 aromatic heterocycles. The van der Waals surface area contributed by atoms with Crippen molar-refractivity contribution in [3.63, 3.8) is 0 Å². The lowest BCUT2D eigenvalue weighted by Gasteiger charge is -2.33. The van der Waals surface area contributed by atoms with Gasteiger partial charge in [-0.1, -0.05) is 20.8 Å². The number of aryl methyl sites for hydroxylation is 1. The van der Waals surface area contributed by atoms with Gasteiger partial charge in [-0.2, -0.15) is 0 Å². The predicted octanol–water partition coefficient (Wildman–Crippen LogP) is 3.85. The summed E-state index contributed by atoms with van der Waals surface area (Å²) in [6.07, 6.45) is 0.831. The van der Waals surface area contributed by atoms with E-state index in [4.69, 9.17) is 0 Å². The maximum atomic E-state index is 12.3. The first kappa shape index (κ1) is 17.1. The second-order valence-corrected chi connectivity index (χ2v) is 7.33. The van der Waals surface area contributed by atoms with Crippen molar-refractivity contribution in [2.75, 3.05) is 0 Å². The molecule has 1 rings (SSSR count). The number of rotatable bonds is 4. The molecule has 0 bridgehead atoms. The maximum absolute atomic E-state index is 12.3.